The zero-order chi connectivity index (χ0) is 13.4. The number of unbranched alkanes of at least 4 members (excludes halogenated alkanes) is 2. The Balaban J connectivity index is 1.53. The van der Waals surface area contributed by atoms with Crippen LogP contribution in [0.3, 0.4) is 0 Å². The summed E-state index contributed by atoms with van der Waals surface area (Å²) in [4.78, 5) is 2.73. The van der Waals surface area contributed by atoms with Crippen LogP contribution in [0.2, 0.25) is 0 Å². The first-order valence-electron chi connectivity index (χ1n) is 8.78. The van der Waals surface area contributed by atoms with Gasteiger partial charge in [-0.1, -0.05) is 32.6 Å². The lowest BCUT2D eigenvalue weighted by molar-refractivity contribution is 0.0670. The number of hydrogen-bond acceptors (Lipinski definition) is 2. The molecule has 112 valence electrons. The lowest BCUT2D eigenvalue weighted by Gasteiger charge is -2.44. The van der Waals surface area contributed by atoms with Gasteiger partial charge in [-0.05, 0) is 76.7 Å². The smallest absolute Gasteiger partial charge is 0.00134 e. The minimum Gasteiger partial charge on any atom is -0.317 e. The van der Waals surface area contributed by atoms with E-state index in [-0.39, 0.29) is 0 Å². The highest BCUT2D eigenvalue weighted by Gasteiger charge is 2.35. The molecule has 1 saturated carbocycles. The van der Waals surface area contributed by atoms with E-state index in [1.807, 2.05) is 0 Å². The highest BCUT2D eigenvalue weighted by molar-refractivity contribution is 4.88. The van der Waals surface area contributed by atoms with Crippen LogP contribution in [0.15, 0.2) is 0 Å². The Bertz CT molecular complexity index is 223. The molecule has 1 N–H and O–H groups in total. The summed E-state index contributed by atoms with van der Waals surface area (Å²) in [6.07, 6.45) is 14.7. The van der Waals surface area contributed by atoms with E-state index in [1.54, 1.807) is 0 Å². The predicted molar refractivity (Wildman–Crippen MR) is 83.6 cm³/mol. The van der Waals surface area contributed by atoms with E-state index in [0.717, 1.165) is 12.0 Å². The van der Waals surface area contributed by atoms with Crippen molar-refractivity contribution in [2.45, 2.75) is 71.1 Å². The van der Waals surface area contributed by atoms with Crippen LogP contribution in [0.5, 0.6) is 0 Å². The van der Waals surface area contributed by atoms with Crippen LogP contribution >= 0.6 is 0 Å². The van der Waals surface area contributed by atoms with Crippen molar-refractivity contribution < 1.29 is 0 Å². The highest BCUT2D eigenvalue weighted by Crippen LogP contribution is 2.44. The van der Waals surface area contributed by atoms with Crippen molar-refractivity contribution in [3.05, 3.63) is 0 Å². The molecule has 19 heavy (non-hydrogen) atoms. The lowest BCUT2D eigenvalue weighted by Crippen LogP contribution is -2.41. The maximum atomic E-state index is 3.41. The predicted octanol–water partition coefficient (Wildman–Crippen LogP) is 3.81. The molecular formula is C17H34N2. The van der Waals surface area contributed by atoms with Crippen molar-refractivity contribution in [1.29, 1.82) is 0 Å². The second-order valence-corrected chi connectivity index (χ2v) is 6.82. The largest absolute Gasteiger partial charge is 0.317 e. The van der Waals surface area contributed by atoms with Gasteiger partial charge in [0.2, 0.25) is 0 Å². The minimum absolute atomic E-state index is 0.778. The fourth-order valence-electron chi connectivity index (χ4n) is 3.99. The number of nitrogens with zero attached hydrogens (tertiary/aromatic N) is 1. The SMILES string of the molecule is CCNCCCCCN1CCC2(CCCCC2)CC1. The topological polar surface area (TPSA) is 15.3 Å². The van der Waals surface area contributed by atoms with Gasteiger partial charge in [0.15, 0.2) is 0 Å². The van der Waals surface area contributed by atoms with Gasteiger partial charge in [0.25, 0.3) is 0 Å². The Kier molecular flexibility index (Phi) is 6.66. The molecule has 1 aliphatic carbocycles. The summed E-state index contributed by atoms with van der Waals surface area (Å²) < 4.78 is 0. The average molecular weight is 266 g/mol. The summed E-state index contributed by atoms with van der Waals surface area (Å²) >= 11 is 0. The number of rotatable bonds is 7. The number of piperidine rings is 1. The van der Waals surface area contributed by atoms with Crippen molar-refractivity contribution in [3.8, 4) is 0 Å². The molecule has 0 aromatic heterocycles. The first-order chi connectivity index (χ1) is 9.35. The molecule has 0 unspecified atom stereocenters. The molecular weight excluding hydrogens is 232 g/mol. The van der Waals surface area contributed by atoms with Crippen LogP contribution in [0.4, 0.5) is 0 Å². The molecule has 0 aromatic rings. The number of nitrogens with one attached hydrogen (secondary N) is 1. The van der Waals surface area contributed by atoms with Gasteiger partial charge in [-0.2, -0.15) is 0 Å². The summed E-state index contributed by atoms with van der Waals surface area (Å²) in [5.74, 6) is 0. The molecule has 0 radical (unpaired) electrons. The van der Waals surface area contributed by atoms with E-state index < -0.39 is 0 Å². The fourth-order valence-corrected chi connectivity index (χ4v) is 3.99. The van der Waals surface area contributed by atoms with Crippen molar-refractivity contribution in [2.75, 3.05) is 32.7 Å². The van der Waals surface area contributed by atoms with Gasteiger partial charge in [-0.15, -0.1) is 0 Å². The van der Waals surface area contributed by atoms with E-state index in [2.05, 4.69) is 17.1 Å². The van der Waals surface area contributed by atoms with Crippen LogP contribution in [0, 0.1) is 5.41 Å². The molecule has 0 bridgehead atoms. The molecule has 2 rings (SSSR count). The standard InChI is InChI=1S/C17H34N2/c1-2-18-13-7-4-8-14-19-15-11-17(12-16-19)9-5-3-6-10-17/h18H,2-16H2,1H3. The fraction of sp³-hybridized carbons (Fsp3) is 1.00. The van der Waals surface area contributed by atoms with E-state index in [0.29, 0.717) is 0 Å². The third kappa shape index (κ3) is 5.07. The van der Waals surface area contributed by atoms with Gasteiger partial charge in [-0.25, -0.2) is 0 Å². The maximum Gasteiger partial charge on any atom is -0.00134 e. The Morgan fingerprint density at radius 1 is 0.895 bits per heavy atom. The normalized spacial score (nSPS) is 23.8. The van der Waals surface area contributed by atoms with Gasteiger partial charge in [0, 0.05) is 0 Å². The van der Waals surface area contributed by atoms with Crippen LogP contribution in [0.1, 0.15) is 71.1 Å². The molecule has 0 amide bonds. The van der Waals surface area contributed by atoms with Crippen molar-refractivity contribution >= 4 is 0 Å². The zero-order valence-electron chi connectivity index (χ0n) is 13.1. The van der Waals surface area contributed by atoms with E-state index in [9.17, 15) is 0 Å². The van der Waals surface area contributed by atoms with E-state index in [1.165, 1.54) is 90.4 Å². The maximum absolute atomic E-state index is 3.41. The highest BCUT2D eigenvalue weighted by atomic mass is 15.1. The monoisotopic (exact) mass is 266 g/mol. The summed E-state index contributed by atoms with van der Waals surface area (Å²) in [6, 6.07) is 0. The second-order valence-electron chi connectivity index (χ2n) is 6.82. The molecule has 2 aliphatic rings. The zero-order valence-corrected chi connectivity index (χ0v) is 13.1. The van der Waals surface area contributed by atoms with Crippen LogP contribution in [0.25, 0.3) is 0 Å². The first-order valence-corrected chi connectivity index (χ1v) is 8.78. The Labute approximate surface area is 120 Å². The number of hydrogen-bond donors (Lipinski definition) is 1. The molecule has 1 aliphatic heterocycles. The molecule has 0 atom stereocenters. The lowest BCUT2D eigenvalue weighted by atomic mass is 9.68. The molecule has 2 fully saturated rings. The van der Waals surface area contributed by atoms with E-state index in [4.69, 9.17) is 0 Å². The number of likely N-dealkylation sites (tertiary alicyclic amines) is 1. The molecule has 2 nitrogen and oxygen atoms in total. The molecule has 0 aromatic carbocycles. The molecule has 1 saturated heterocycles. The van der Waals surface area contributed by atoms with Crippen molar-refractivity contribution in [3.63, 3.8) is 0 Å². The quantitative estimate of drug-likeness (QED) is 0.705. The Morgan fingerprint density at radius 2 is 1.63 bits per heavy atom. The summed E-state index contributed by atoms with van der Waals surface area (Å²) in [7, 11) is 0. The van der Waals surface area contributed by atoms with Gasteiger partial charge in [-0.3, -0.25) is 0 Å². The minimum atomic E-state index is 0.778. The first kappa shape index (κ1) is 15.3. The van der Waals surface area contributed by atoms with Gasteiger partial charge in [0.1, 0.15) is 0 Å². The van der Waals surface area contributed by atoms with E-state index >= 15 is 0 Å². The van der Waals surface area contributed by atoms with Gasteiger partial charge >= 0.3 is 0 Å². The second kappa shape index (κ2) is 8.26. The molecule has 1 spiro atoms. The van der Waals surface area contributed by atoms with Crippen LogP contribution < -0.4 is 5.32 Å². The summed E-state index contributed by atoms with van der Waals surface area (Å²) in [5.41, 5.74) is 0.778. The Hall–Kier alpha value is -0.0800. The third-order valence-corrected chi connectivity index (χ3v) is 5.41. The van der Waals surface area contributed by atoms with Crippen LogP contribution in [-0.2, 0) is 0 Å². The molecule has 2 heteroatoms. The van der Waals surface area contributed by atoms with Gasteiger partial charge < -0.3 is 10.2 Å². The third-order valence-electron chi connectivity index (χ3n) is 5.41. The summed E-state index contributed by atoms with van der Waals surface area (Å²) in [6.45, 7) is 8.63. The summed E-state index contributed by atoms with van der Waals surface area (Å²) in [5, 5.41) is 3.41. The van der Waals surface area contributed by atoms with Crippen LogP contribution in [-0.4, -0.2) is 37.6 Å². The van der Waals surface area contributed by atoms with Gasteiger partial charge in [0.05, 0.1) is 0 Å². The van der Waals surface area contributed by atoms with Crippen molar-refractivity contribution in [2.24, 2.45) is 5.41 Å². The Morgan fingerprint density at radius 3 is 2.32 bits per heavy atom. The van der Waals surface area contributed by atoms with Crippen molar-refractivity contribution in [1.82, 2.24) is 10.2 Å². The average Bonchev–Trinajstić information content (AvgIpc) is 2.46. The molecule has 1 heterocycles.